The summed E-state index contributed by atoms with van der Waals surface area (Å²) in [7, 11) is -3.95. The van der Waals surface area contributed by atoms with E-state index in [4.69, 9.17) is 10.9 Å². The first-order chi connectivity index (χ1) is 8.95. The summed E-state index contributed by atoms with van der Waals surface area (Å²) in [5.74, 6) is 0. The molecule has 5 nitrogen and oxygen atoms in total. The number of nitriles is 1. The zero-order chi connectivity index (χ0) is 14.0. The Morgan fingerprint density at radius 2 is 1.63 bits per heavy atom. The topological polar surface area (TPSA) is 110 Å². The summed E-state index contributed by atoms with van der Waals surface area (Å²) < 4.78 is 23.0. The molecular weight excluding hydrogens is 262 g/mol. The third-order valence-electron chi connectivity index (χ3n) is 2.70. The Hall–Kier alpha value is -2.36. The van der Waals surface area contributed by atoms with Crippen molar-refractivity contribution < 1.29 is 8.42 Å². The smallest absolute Gasteiger partial charge is 0.239 e. The molecule has 2 rings (SSSR count). The van der Waals surface area contributed by atoms with Crippen LogP contribution in [-0.4, -0.2) is 8.42 Å². The molecule has 0 amide bonds. The normalized spacial score (nSPS) is 10.9. The van der Waals surface area contributed by atoms with Gasteiger partial charge in [0.05, 0.1) is 5.56 Å². The maximum absolute atomic E-state index is 11.5. The highest BCUT2D eigenvalue weighted by atomic mass is 32.2. The van der Waals surface area contributed by atoms with Crippen LogP contribution in [0.3, 0.4) is 0 Å². The van der Waals surface area contributed by atoms with Crippen molar-refractivity contribution in [3.05, 3.63) is 48.0 Å². The summed E-state index contributed by atoms with van der Waals surface area (Å²) in [6.07, 6.45) is 0. The number of benzene rings is 2. The molecule has 0 aliphatic rings. The van der Waals surface area contributed by atoms with E-state index in [0.29, 0.717) is 16.8 Å². The highest BCUT2D eigenvalue weighted by Gasteiger charge is 2.18. The van der Waals surface area contributed by atoms with Gasteiger partial charge in [-0.15, -0.1) is 0 Å². The first kappa shape index (κ1) is 13.1. The van der Waals surface area contributed by atoms with Gasteiger partial charge in [-0.05, 0) is 12.1 Å². The maximum Gasteiger partial charge on any atom is 0.239 e. The van der Waals surface area contributed by atoms with E-state index in [0.717, 1.165) is 0 Å². The zero-order valence-electron chi connectivity index (χ0n) is 9.87. The van der Waals surface area contributed by atoms with Gasteiger partial charge >= 0.3 is 0 Å². The highest BCUT2D eigenvalue weighted by molar-refractivity contribution is 7.89. The van der Waals surface area contributed by atoms with Crippen LogP contribution in [0.5, 0.6) is 0 Å². The standard InChI is InChI=1S/C13H11N3O2S/c14-8-11-9(10-4-1-2-6-12(10)15)5-3-7-13(11)19(16,17)18/h1-7H,15H2,(H2,16,17,18). The lowest BCUT2D eigenvalue weighted by molar-refractivity contribution is 0.597. The van der Waals surface area contributed by atoms with Crippen LogP contribution in [0.2, 0.25) is 0 Å². The first-order valence-electron chi connectivity index (χ1n) is 5.36. The van der Waals surface area contributed by atoms with Gasteiger partial charge in [0.25, 0.3) is 0 Å². The lowest BCUT2D eigenvalue weighted by Crippen LogP contribution is -2.14. The van der Waals surface area contributed by atoms with Crippen LogP contribution < -0.4 is 10.9 Å². The minimum absolute atomic E-state index is 0.00269. The Balaban J connectivity index is 2.81. The van der Waals surface area contributed by atoms with Gasteiger partial charge in [-0.25, -0.2) is 13.6 Å². The quantitative estimate of drug-likeness (QED) is 0.807. The van der Waals surface area contributed by atoms with Gasteiger partial charge in [-0.3, -0.25) is 0 Å². The van der Waals surface area contributed by atoms with Gasteiger partial charge in [0.15, 0.2) is 0 Å². The molecule has 6 heteroatoms. The SMILES string of the molecule is N#Cc1c(-c2ccccc2N)cccc1S(N)(=O)=O. The van der Waals surface area contributed by atoms with Crippen molar-refractivity contribution in [1.82, 2.24) is 0 Å². The van der Waals surface area contributed by atoms with Gasteiger partial charge in [-0.2, -0.15) is 5.26 Å². The van der Waals surface area contributed by atoms with E-state index in [1.165, 1.54) is 12.1 Å². The fourth-order valence-corrected chi connectivity index (χ4v) is 2.56. The average molecular weight is 273 g/mol. The minimum atomic E-state index is -3.95. The van der Waals surface area contributed by atoms with Crippen molar-refractivity contribution >= 4 is 15.7 Å². The Labute approximate surface area is 111 Å². The Morgan fingerprint density at radius 3 is 2.21 bits per heavy atom. The van der Waals surface area contributed by atoms with Crippen LogP contribution in [0.1, 0.15) is 5.56 Å². The second-order valence-corrected chi connectivity index (χ2v) is 5.45. The Morgan fingerprint density at radius 1 is 1.00 bits per heavy atom. The molecular formula is C13H11N3O2S. The third kappa shape index (κ3) is 2.42. The fraction of sp³-hybridized carbons (Fsp3) is 0. The summed E-state index contributed by atoms with van der Waals surface area (Å²) in [5, 5.41) is 14.3. The number of primary sulfonamides is 1. The van der Waals surface area contributed by atoms with Crippen molar-refractivity contribution in [3.8, 4) is 17.2 Å². The molecule has 0 fully saturated rings. The van der Waals surface area contributed by atoms with Gasteiger partial charge in [0, 0.05) is 16.8 Å². The van der Waals surface area contributed by atoms with Crippen molar-refractivity contribution in [2.24, 2.45) is 5.14 Å². The largest absolute Gasteiger partial charge is 0.398 e. The Kier molecular flexibility index (Phi) is 3.25. The lowest BCUT2D eigenvalue weighted by Gasteiger charge is -2.10. The molecule has 0 heterocycles. The fourth-order valence-electron chi connectivity index (χ4n) is 1.85. The van der Waals surface area contributed by atoms with E-state index in [1.807, 2.05) is 6.07 Å². The van der Waals surface area contributed by atoms with E-state index < -0.39 is 10.0 Å². The molecule has 0 spiro atoms. The molecule has 0 saturated heterocycles. The van der Waals surface area contributed by atoms with E-state index in [-0.39, 0.29) is 10.5 Å². The second-order valence-electron chi connectivity index (χ2n) is 3.92. The number of anilines is 1. The van der Waals surface area contributed by atoms with Gasteiger partial charge in [0.1, 0.15) is 11.0 Å². The van der Waals surface area contributed by atoms with Crippen LogP contribution in [0, 0.1) is 11.3 Å². The van der Waals surface area contributed by atoms with Crippen LogP contribution in [0.25, 0.3) is 11.1 Å². The predicted molar refractivity (Wildman–Crippen MR) is 72.4 cm³/mol. The van der Waals surface area contributed by atoms with Crippen molar-refractivity contribution in [2.75, 3.05) is 5.73 Å². The molecule has 0 aliphatic heterocycles. The van der Waals surface area contributed by atoms with E-state index in [9.17, 15) is 13.7 Å². The van der Waals surface area contributed by atoms with E-state index in [2.05, 4.69) is 0 Å². The highest BCUT2D eigenvalue weighted by Crippen LogP contribution is 2.31. The number of sulfonamides is 1. The predicted octanol–water partition coefficient (Wildman–Crippen LogP) is 1.45. The van der Waals surface area contributed by atoms with Crippen LogP contribution in [0.15, 0.2) is 47.4 Å². The molecule has 0 aromatic heterocycles. The van der Waals surface area contributed by atoms with Gasteiger partial charge in [-0.1, -0.05) is 30.3 Å². The summed E-state index contributed by atoms with van der Waals surface area (Å²) >= 11 is 0. The third-order valence-corrected chi connectivity index (χ3v) is 3.65. The van der Waals surface area contributed by atoms with Crippen molar-refractivity contribution in [3.63, 3.8) is 0 Å². The van der Waals surface area contributed by atoms with Crippen LogP contribution >= 0.6 is 0 Å². The molecule has 0 bridgehead atoms. The van der Waals surface area contributed by atoms with E-state index in [1.54, 1.807) is 30.3 Å². The zero-order valence-corrected chi connectivity index (χ0v) is 10.7. The molecule has 4 N–H and O–H groups in total. The number of nitrogens with two attached hydrogens (primary N) is 2. The van der Waals surface area contributed by atoms with E-state index >= 15 is 0 Å². The first-order valence-corrected chi connectivity index (χ1v) is 6.90. The number of hydrogen-bond acceptors (Lipinski definition) is 4. The summed E-state index contributed by atoms with van der Waals surface area (Å²) in [6.45, 7) is 0. The van der Waals surface area contributed by atoms with Crippen LogP contribution in [-0.2, 0) is 10.0 Å². The molecule has 2 aromatic carbocycles. The summed E-state index contributed by atoms with van der Waals surface area (Å²) in [6, 6.07) is 13.3. The van der Waals surface area contributed by atoms with Gasteiger partial charge < -0.3 is 5.73 Å². The van der Waals surface area contributed by atoms with Crippen molar-refractivity contribution in [1.29, 1.82) is 5.26 Å². The summed E-state index contributed by atoms with van der Waals surface area (Å²) in [5.41, 5.74) is 7.36. The molecule has 0 atom stereocenters. The minimum Gasteiger partial charge on any atom is -0.398 e. The maximum atomic E-state index is 11.5. The molecule has 96 valence electrons. The Bertz CT molecular complexity index is 777. The van der Waals surface area contributed by atoms with Crippen molar-refractivity contribution in [2.45, 2.75) is 4.90 Å². The average Bonchev–Trinajstić information content (AvgIpc) is 2.37. The number of hydrogen-bond donors (Lipinski definition) is 2. The molecule has 2 aromatic rings. The number of para-hydroxylation sites is 1. The lowest BCUT2D eigenvalue weighted by atomic mass is 9.99. The van der Waals surface area contributed by atoms with Gasteiger partial charge in [0.2, 0.25) is 10.0 Å². The summed E-state index contributed by atoms with van der Waals surface area (Å²) in [4.78, 5) is -0.198. The molecule has 0 saturated carbocycles. The molecule has 0 aliphatic carbocycles. The molecule has 0 radical (unpaired) electrons. The monoisotopic (exact) mass is 273 g/mol. The number of nitrogen functional groups attached to an aromatic ring is 1. The molecule has 0 unspecified atom stereocenters. The number of rotatable bonds is 2. The molecule has 19 heavy (non-hydrogen) atoms. The number of nitrogens with zero attached hydrogens (tertiary/aromatic N) is 1. The second kappa shape index (κ2) is 4.72. The van der Waals surface area contributed by atoms with Crippen LogP contribution in [0.4, 0.5) is 5.69 Å².